The van der Waals surface area contributed by atoms with Crippen LogP contribution in [0.15, 0.2) is 0 Å². The summed E-state index contributed by atoms with van der Waals surface area (Å²) in [4.78, 5) is 4.96. The predicted octanol–water partition coefficient (Wildman–Crippen LogP) is 1.01. The number of rotatable bonds is 3. The maximum absolute atomic E-state index is 3.66. The van der Waals surface area contributed by atoms with Gasteiger partial charge in [-0.25, -0.2) is 0 Å². The molecule has 3 nitrogen and oxygen atoms in total. The van der Waals surface area contributed by atoms with Crippen molar-refractivity contribution < 1.29 is 0 Å². The van der Waals surface area contributed by atoms with Crippen molar-refractivity contribution in [2.45, 2.75) is 37.8 Å². The van der Waals surface area contributed by atoms with Gasteiger partial charge in [0, 0.05) is 18.6 Å². The van der Waals surface area contributed by atoms with Gasteiger partial charge in [-0.2, -0.15) is 0 Å². The lowest BCUT2D eigenvalue weighted by Gasteiger charge is -2.33. The Morgan fingerprint density at radius 3 is 2.81 bits per heavy atom. The molecule has 0 aromatic rings. The SMILES string of the molecule is CN(C)CCC1CNCC2CCCC2N1C. The van der Waals surface area contributed by atoms with E-state index < -0.39 is 0 Å². The van der Waals surface area contributed by atoms with Crippen molar-refractivity contribution >= 4 is 0 Å². The molecule has 1 saturated carbocycles. The van der Waals surface area contributed by atoms with Gasteiger partial charge in [-0.05, 0) is 59.4 Å². The van der Waals surface area contributed by atoms with Crippen LogP contribution in [0.1, 0.15) is 25.7 Å². The number of nitrogens with zero attached hydrogens (tertiary/aromatic N) is 2. The second kappa shape index (κ2) is 5.48. The maximum atomic E-state index is 3.66. The molecule has 0 amide bonds. The molecule has 0 spiro atoms. The van der Waals surface area contributed by atoms with E-state index in [-0.39, 0.29) is 0 Å². The summed E-state index contributed by atoms with van der Waals surface area (Å²) >= 11 is 0. The fraction of sp³-hybridized carbons (Fsp3) is 1.00. The van der Waals surface area contributed by atoms with Crippen molar-refractivity contribution in [1.82, 2.24) is 15.1 Å². The number of nitrogens with one attached hydrogen (secondary N) is 1. The van der Waals surface area contributed by atoms with Gasteiger partial charge in [0.1, 0.15) is 0 Å². The molecule has 1 saturated heterocycles. The molecule has 16 heavy (non-hydrogen) atoms. The zero-order chi connectivity index (χ0) is 11.5. The zero-order valence-electron chi connectivity index (χ0n) is 11.1. The summed E-state index contributed by atoms with van der Waals surface area (Å²) < 4.78 is 0. The quantitative estimate of drug-likeness (QED) is 0.773. The van der Waals surface area contributed by atoms with Gasteiger partial charge in [0.25, 0.3) is 0 Å². The van der Waals surface area contributed by atoms with Crippen molar-refractivity contribution in [3.05, 3.63) is 0 Å². The molecule has 0 aromatic heterocycles. The summed E-state index contributed by atoms with van der Waals surface area (Å²) in [5, 5.41) is 3.66. The van der Waals surface area contributed by atoms with Gasteiger partial charge in [0.2, 0.25) is 0 Å². The molecule has 2 fully saturated rings. The summed E-state index contributed by atoms with van der Waals surface area (Å²) in [6.07, 6.45) is 5.57. The highest BCUT2D eigenvalue weighted by Crippen LogP contribution is 2.31. The lowest BCUT2D eigenvalue weighted by atomic mass is 10.0. The minimum atomic E-state index is 0.732. The Bertz CT molecular complexity index is 217. The molecule has 1 aliphatic heterocycles. The van der Waals surface area contributed by atoms with Gasteiger partial charge in [0.15, 0.2) is 0 Å². The predicted molar refractivity (Wildman–Crippen MR) is 68.7 cm³/mol. The number of hydrogen-bond acceptors (Lipinski definition) is 3. The number of likely N-dealkylation sites (N-methyl/N-ethyl adjacent to an activating group) is 1. The molecule has 3 heteroatoms. The molecule has 0 aromatic carbocycles. The third kappa shape index (κ3) is 2.76. The summed E-state index contributed by atoms with van der Waals surface area (Å²) in [6.45, 7) is 3.62. The molecule has 0 bridgehead atoms. The largest absolute Gasteiger partial charge is 0.315 e. The first-order valence-corrected chi connectivity index (χ1v) is 6.76. The van der Waals surface area contributed by atoms with Crippen LogP contribution < -0.4 is 5.32 Å². The zero-order valence-corrected chi connectivity index (χ0v) is 11.1. The Kier molecular flexibility index (Phi) is 4.22. The van der Waals surface area contributed by atoms with Crippen LogP contribution in [0.4, 0.5) is 0 Å². The highest BCUT2D eigenvalue weighted by molar-refractivity contribution is 4.92. The summed E-state index contributed by atoms with van der Waals surface area (Å²) in [6, 6.07) is 1.58. The first-order valence-electron chi connectivity index (χ1n) is 6.76. The minimum absolute atomic E-state index is 0.732. The molecular formula is C13H27N3. The lowest BCUT2D eigenvalue weighted by molar-refractivity contribution is 0.149. The van der Waals surface area contributed by atoms with Gasteiger partial charge < -0.3 is 10.2 Å². The van der Waals surface area contributed by atoms with Crippen LogP contribution >= 0.6 is 0 Å². The highest BCUT2D eigenvalue weighted by atomic mass is 15.2. The van der Waals surface area contributed by atoms with Crippen LogP contribution in [-0.2, 0) is 0 Å². The van der Waals surface area contributed by atoms with Crippen LogP contribution in [0.5, 0.6) is 0 Å². The fourth-order valence-electron chi connectivity index (χ4n) is 3.35. The molecule has 3 atom stereocenters. The van der Waals surface area contributed by atoms with Crippen molar-refractivity contribution in [2.75, 3.05) is 40.8 Å². The van der Waals surface area contributed by atoms with Crippen molar-refractivity contribution in [1.29, 1.82) is 0 Å². The lowest BCUT2D eigenvalue weighted by Crippen LogP contribution is -2.43. The molecule has 94 valence electrons. The maximum Gasteiger partial charge on any atom is 0.0232 e. The van der Waals surface area contributed by atoms with Crippen LogP contribution in [-0.4, -0.2) is 62.7 Å². The standard InChI is InChI=1S/C13H27N3/c1-15(2)8-7-12-10-14-9-11-5-4-6-13(11)16(12)3/h11-14H,4-10H2,1-3H3. The Morgan fingerprint density at radius 2 is 2.06 bits per heavy atom. The molecule has 1 aliphatic carbocycles. The van der Waals surface area contributed by atoms with Gasteiger partial charge in [-0.1, -0.05) is 6.42 Å². The Morgan fingerprint density at radius 1 is 1.25 bits per heavy atom. The van der Waals surface area contributed by atoms with E-state index in [2.05, 4.69) is 36.3 Å². The summed E-state index contributed by atoms with van der Waals surface area (Å²) in [5.74, 6) is 0.911. The highest BCUT2D eigenvalue weighted by Gasteiger charge is 2.35. The Hall–Kier alpha value is -0.120. The van der Waals surface area contributed by atoms with E-state index in [1.165, 1.54) is 45.3 Å². The van der Waals surface area contributed by atoms with Gasteiger partial charge in [0.05, 0.1) is 0 Å². The van der Waals surface area contributed by atoms with Crippen molar-refractivity contribution in [3.8, 4) is 0 Å². The van der Waals surface area contributed by atoms with Crippen molar-refractivity contribution in [3.63, 3.8) is 0 Å². The van der Waals surface area contributed by atoms with E-state index in [4.69, 9.17) is 0 Å². The first-order chi connectivity index (χ1) is 7.68. The van der Waals surface area contributed by atoms with Crippen LogP contribution in [0.3, 0.4) is 0 Å². The van der Waals surface area contributed by atoms with E-state index in [9.17, 15) is 0 Å². The van der Waals surface area contributed by atoms with Gasteiger partial charge >= 0.3 is 0 Å². The third-order valence-corrected chi connectivity index (χ3v) is 4.41. The van der Waals surface area contributed by atoms with E-state index >= 15 is 0 Å². The normalized spacial score (nSPS) is 36.4. The van der Waals surface area contributed by atoms with E-state index in [1.54, 1.807) is 0 Å². The molecule has 2 rings (SSSR count). The molecule has 3 unspecified atom stereocenters. The van der Waals surface area contributed by atoms with Crippen LogP contribution in [0.25, 0.3) is 0 Å². The average molecular weight is 225 g/mol. The van der Waals surface area contributed by atoms with E-state index in [0.717, 1.165) is 18.0 Å². The first kappa shape index (κ1) is 12.3. The Labute approximate surface area is 100 Å². The smallest absolute Gasteiger partial charge is 0.0232 e. The molecule has 1 N–H and O–H groups in total. The minimum Gasteiger partial charge on any atom is -0.315 e. The average Bonchev–Trinajstić information content (AvgIpc) is 2.64. The molecule has 2 aliphatic rings. The van der Waals surface area contributed by atoms with Crippen molar-refractivity contribution in [2.24, 2.45) is 5.92 Å². The van der Waals surface area contributed by atoms with E-state index in [1.807, 2.05) is 0 Å². The number of fused-ring (bicyclic) bond motifs is 1. The van der Waals surface area contributed by atoms with Crippen LogP contribution in [0.2, 0.25) is 0 Å². The van der Waals surface area contributed by atoms with E-state index in [0.29, 0.717) is 0 Å². The third-order valence-electron chi connectivity index (χ3n) is 4.41. The monoisotopic (exact) mass is 225 g/mol. The van der Waals surface area contributed by atoms with Crippen LogP contribution in [0, 0.1) is 5.92 Å². The molecule has 0 radical (unpaired) electrons. The summed E-state index contributed by atoms with van der Waals surface area (Å²) in [5.41, 5.74) is 0. The Balaban J connectivity index is 1.92. The number of hydrogen-bond donors (Lipinski definition) is 1. The van der Waals surface area contributed by atoms with Gasteiger partial charge in [-0.15, -0.1) is 0 Å². The second-order valence-electron chi connectivity index (χ2n) is 5.83. The summed E-state index contributed by atoms with van der Waals surface area (Å²) in [7, 11) is 6.68. The second-order valence-corrected chi connectivity index (χ2v) is 5.83. The molecular weight excluding hydrogens is 198 g/mol. The fourth-order valence-corrected chi connectivity index (χ4v) is 3.35. The topological polar surface area (TPSA) is 18.5 Å². The molecule has 1 heterocycles. The van der Waals surface area contributed by atoms with Gasteiger partial charge in [-0.3, -0.25) is 4.90 Å².